The molecule has 1 heterocycles. The Balaban J connectivity index is 2.10. The fourth-order valence-corrected chi connectivity index (χ4v) is 3.87. The number of amides is 2. The summed E-state index contributed by atoms with van der Waals surface area (Å²) in [6, 6.07) is 11.9. The van der Waals surface area contributed by atoms with Crippen LogP contribution in [0.3, 0.4) is 0 Å². The molecule has 1 aliphatic heterocycles. The van der Waals surface area contributed by atoms with E-state index >= 15 is 0 Å². The third-order valence-electron chi connectivity index (χ3n) is 5.53. The topological polar surface area (TPSA) is 59.1 Å². The molecule has 1 aliphatic rings. The molecular weight excluding hydrogens is 411 g/mol. The van der Waals surface area contributed by atoms with Crippen molar-refractivity contribution in [3.8, 4) is 0 Å². The molecule has 0 saturated heterocycles. The van der Waals surface area contributed by atoms with Crippen LogP contribution in [0.4, 0.5) is 4.39 Å². The van der Waals surface area contributed by atoms with Crippen LogP contribution in [0, 0.1) is 19.7 Å². The average Bonchev–Trinajstić information content (AvgIpc) is 3.00. The summed E-state index contributed by atoms with van der Waals surface area (Å²) in [5.74, 6) is -1.33. The minimum atomic E-state index is -0.453. The summed E-state index contributed by atoms with van der Waals surface area (Å²) in [4.78, 5) is 30.1. The first-order valence-electron chi connectivity index (χ1n) is 10.5. The molecule has 3 rings (SSSR count). The maximum Gasteiger partial charge on any atom is 0.278 e. The van der Waals surface area contributed by atoms with Crippen LogP contribution in [0.25, 0.3) is 5.57 Å². The number of imide groups is 1. The largest absolute Gasteiger partial charge is 0.383 e. The lowest BCUT2D eigenvalue weighted by molar-refractivity contribution is -0.138. The number of benzene rings is 2. The average molecular weight is 441 g/mol. The summed E-state index contributed by atoms with van der Waals surface area (Å²) in [5, 5.41) is 0. The number of methoxy groups -OCH3 is 2. The van der Waals surface area contributed by atoms with E-state index in [-0.39, 0.29) is 12.1 Å². The molecule has 2 amide bonds. The first kappa shape index (κ1) is 23.6. The van der Waals surface area contributed by atoms with Gasteiger partial charge in [0.2, 0.25) is 0 Å². The van der Waals surface area contributed by atoms with Gasteiger partial charge in [-0.05, 0) is 31.0 Å². The molecule has 0 atom stereocenters. The van der Waals surface area contributed by atoms with Crippen LogP contribution in [0.15, 0.2) is 48.2 Å². The molecule has 170 valence electrons. The highest BCUT2D eigenvalue weighted by atomic mass is 19.1. The Labute approximate surface area is 188 Å². The molecule has 32 heavy (non-hydrogen) atoms. The number of halogens is 1. The SMILES string of the molecule is COCCN(CCOC)C1=C(c2ccc(C)cc2C)C(=O)N(Cc2ccccc2F)C1=O. The second kappa shape index (κ2) is 10.5. The zero-order valence-electron chi connectivity index (χ0n) is 19.0. The van der Waals surface area contributed by atoms with Gasteiger partial charge in [0.15, 0.2) is 0 Å². The third kappa shape index (κ3) is 4.89. The number of carbonyl (C=O) groups excluding carboxylic acids is 2. The van der Waals surface area contributed by atoms with Crippen molar-refractivity contribution in [3.05, 3.63) is 76.2 Å². The Morgan fingerprint density at radius 3 is 2.19 bits per heavy atom. The zero-order chi connectivity index (χ0) is 23.3. The number of hydrogen-bond donors (Lipinski definition) is 0. The predicted octanol–water partition coefficient (Wildman–Crippen LogP) is 3.32. The molecule has 0 fully saturated rings. The second-order valence-corrected chi connectivity index (χ2v) is 7.80. The molecule has 0 N–H and O–H groups in total. The Hall–Kier alpha value is -3.03. The van der Waals surface area contributed by atoms with E-state index in [0.717, 1.165) is 16.0 Å². The van der Waals surface area contributed by atoms with Crippen molar-refractivity contribution in [2.75, 3.05) is 40.5 Å². The van der Waals surface area contributed by atoms with E-state index in [4.69, 9.17) is 9.47 Å². The summed E-state index contributed by atoms with van der Waals surface area (Å²) in [6.45, 7) is 5.34. The quantitative estimate of drug-likeness (QED) is 0.531. The van der Waals surface area contributed by atoms with Crippen LogP contribution in [0.1, 0.15) is 22.3 Å². The van der Waals surface area contributed by atoms with Gasteiger partial charge in [-0.3, -0.25) is 14.5 Å². The molecule has 0 aliphatic carbocycles. The fourth-order valence-electron chi connectivity index (χ4n) is 3.87. The molecule has 0 radical (unpaired) electrons. The van der Waals surface area contributed by atoms with Crippen molar-refractivity contribution in [1.82, 2.24) is 9.80 Å². The van der Waals surface area contributed by atoms with Gasteiger partial charge in [0.05, 0.1) is 25.3 Å². The van der Waals surface area contributed by atoms with Gasteiger partial charge in [0.1, 0.15) is 11.5 Å². The molecule has 6 nitrogen and oxygen atoms in total. The second-order valence-electron chi connectivity index (χ2n) is 7.80. The van der Waals surface area contributed by atoms with Gasteiger partial charge in [-0.1, -0.05) is 42.0 Å². The highest BCUT2D eigenvalue weighted by Gasteiger charge is 2.42. The van der Waals surface area contributed by atoms with Crippen LogP contribution >= 0.6 is 0 Å². The van der Waals surface area contributed by atoms with E-state index in [9.17, 15) is 14.0 Å². The van der Waals surface area contributed by atoms with Crippen LogP contribution < -0.4 is 0 Å². The van der Waals surface area contributed by atoms with Crippen molar-refractivity contribution in [1.29, 1.82) is 0 Å². The maximum atomic E-state index is 14.3. The molecule has 0 saturated carbocycles. The van der Waals surface area contributed by atoms with Gasteiger partial charge in [-0.2, -0.15) is 0 Å². The first-order valence-corrected chi connectivity index (χ1v) is 10.5. The highest BCUT2D eigenvalue weighted by Crippen LogP contribution is 2.34. The van der Waals surface area contributed by atoms with E-state index in [2.05, 4.69) is 0 Å². The number of nitrogens with zero attached hydrogens (tertiary/aromatic N) is 2. The number of aryl methyl sites for hydroxylation is 2. The van der Waals surface area contributed by atoms with Gasteiger partial charge >= 0.3 is 0 Å². The molecule has 0 aromatic heterocycles. The summed E-state index contributed by atoms with van der Waals surface area (Å²) in [7, 11) is 3.17. The van der Waals surface area contributed by atoms with Crippen LogP contribution in [0.2, 0.25) is 0 Å². The molecule has 0 spiro atoms. The Kier molecular flexibility index (Phi) is 7.77. The number of hydrogen-bond acceptors (Lipinski definition) is 5. The minimum Gasteiger partial charge on any atom is -0.383 e. The molecular formula is C25H29FN2O4. The smallest absolute Gasteiger partial charge is 0.278 e. The lowest BCUT2D eigenvalue weighted by atomic mass is 9.97. The summed E-state index contributed by atoms with van der Waals surface area (Å²) in [5.41, 5.74) is 3.56. The summed E-state index contributed by atoms with van der Waals surface area (Å²) >= 11 is 0. The number of carbonyl (C=O) groups is 2. The van der Waals surface area contributed by atoms with Gasteiger partial charge in [0, 0.05) is 32.9 Å². The molecule has 2 aromatic carbocycles. The van der Waals surface area contributed by atoms with Crippen LogP contribution in [0.5, 0.6) is 0 Å². The Bertz CT molecular complexity index is 1030. The Morgan fingerprint density at radius 1 is 0.938 bits per heavy atom. The summed E-state index contributed by atoms with van der Waals surface area (Å²) < 4.78 is 24.8. The highest BCUT2D eigenvalue weighted by molar-refractivity contribution is 6.35. The maximum absolute atomic E-state index is 14.3. The first-order chi connectivity index (χ1) is 15.4. The van der Waals surface area contributed by atoms with Gasteiger partial charge in [-0.25, -0.2) is 4.39 Å². The van der Waals surface area contributed by atoms with Gasteiger partial charge < -0.3 is 14.4 Å². The fraction of sp³-hybridized carbons (Fsp3) is 0.360. The van der Waals surface area contributed by atoms with Crippen LogP contribution in [-0.4, -0.2) is 62.1 Å². The predicted molar refractivity (Wildman–Crippen MR) is 120 cm³/mol. The van der Waals surface area contributed by atoms with Gasteiger partial charge in [0.25, 0.3) is 11.8 Å². The normalized spacial score (nSPS) is 14.0. The Morgan fingerprint density at radius 2 is 1.59 bits per heavy atom. The van der Waals surface area contributed by atoms with E-state index in [1.54, 1.807) is 32.4 Å². The lowest BCUT2D eigenvalue weighted by Gasteiger charge is -2.26. The molecule has 7 heteroatoms. The van der Waals surface area contributed by atoms with E-state index in [0.29, 0.717) is 43.1 Å². The van der Waals surface area contributed by atoms with Crippen molar-refractivity contribution < 1.29 is 23.5 Å². The van der Waals surface area contributed by atoms with Crippen molar-refractivity contribution >= 4 is 17.4 Å². The molecule has 0 bridgehead atoms. The number of ether oxygens (including phenoxy) is 2. The van der Waals surface area contributed by atoms with E-state index in [1.807, 2.05) is 36.9 Å². The van der Waals surface area contributed by atoms with Crippen LogP contribution in [-0.2, 0) is 25.6 Å². The lowest BCUT2D eigenvalue weighted by Crippen LogP contribution is -2.37. The molecule has 2 aromatic rings. The van der Waals surface area contributed by atoms with Crippen molar-refractivity contribution in [2.45, 2.75) is 20.4 Å². The van der Waals surface area contributed by atoms with Crippen molar-refractivity contribution in [3.63, 3.8) is 0 Å². The molecule has 0 unspecified atom stereocenters. The zero-order valence-corrected chi connectivity index (χ0v) is 19.0. The minimum absolute atomic E-state index is 0.134. The third-order valence-corrected chi connectivity index (χ3v) is 5.53. The van der Waals surface area contributed by atoms with Gasteiger partial charge in [-0.15, -0.1) is 0 Å². The van der Waals surface area contributed by atoms with E-state index in [1.165, 1.54) is 6.07 Å². The number of rotatable bonds is 10. The van der Waals surface area contributed by atoms with Crippen molar-refractivity contribution in [2.24, 2.45) is 0 Å². The summed E-state index contributed by atoms with van der Waals surface area (Å²) in [6.07, 6.45) is 0. The van der Waals surface area contributed by atoms with E-state index < -0.39 is 17.6 Å². The standard InChI is InChI=1S/C25H29FN2O4/c1-17-9-10-20(18(2)15-17)22-23(27(11-13-31-3)12-14-32-4)25(30)28(24(22)29)16-19-7-5-6-8-21(19)26/h5-10,15H,11-14,16H2,1-4H3. The monoisotopic (exact) mass is 440 g/mol.